The molecule has 0 aliphatic carbocycles. The minimum absolute atomic E-state index is 0.0952. The lowest BCUT2D eigenvalue weighted by atomic mass is 10.2. The Kier molecular flexibility index (Phi) is 6.86. The number of hydrogen-bond donors (Lipinski definition) is 2. The van der Waals surface area contributed by atoms with Crippen LogP contribution >= 0.6 is 0 Å². The average molecular weight is 468 g/mol. The lowest BCUT2D eigenvalue weighted by Crippen LogP contribution is -2.58. The third-order valence-corrected chi connectivity index (χ3v) is 7.75. The number of hydrogen-bond acceptors (Lipinski definition) is 6. The lowest BCUT2D eigenvalue weighted by molar-refractivity contribution is 0.0844. The van der Waals surface area contributed by atoms with E-state index in [1.165, 1.54) is 12.1 Å². The Hall–Kier alpha value is -3.09. The highest BCUT2D eigenvalue weighted by atomic mass is 32.2. The van der Waals surface area contributed by atoms with Gasteiger partial charge in [0.1, 0.15) is 0 Å². The smallest absolute Gasteiger partial charge is 0.331 e. The summed E-state index contributed by atoms with van der Waals surface area (Å²) in [5, 5.41) is 12.3. The van der Waals surface area contributed by atoms with Crippen molar-refractivity contribution in [1.29, 1.82) is 5.26 Å². The number of carbonyl (C=O) groups excluding carboxylic acids is 1. The number of nitriles is 1. The highest BCUT2D eigenvalue weighted by Gasteiger charge is 2.41. The molecule has 2 aliphatic rings. The molecule has 0 spiro atoms. The summed E-state index contributed by atoms with van der Waals surface area (Å²) >= 11 is 0. The number of nitrogens with zero attached hydrogens (tertiary/aromatic N) is 3. The van der Waals surface area contributed by atoms with E-state index in [1.54, 1.807) is 29.2 Å². The van der Waals surface area contributed by atoms with Gasteiger partial charge in [0.15, 0.2) is 0 Å². The fourth-order valence-electron chi connectivity index (χ4n) is 4.63. The molecule has 0 radical (unpaired) electrons. The van der Waals surface area contributed by atoms with Crippen LogP contribution in [-0.4, -0.2) is 62.5 Å². The molecule has 8 nitrogen and oxygen atoms in total. The van der Waals surface area contributed by atoms with Crippen LogP contribution in [-0.2, 0) is 10.0 Å². The van der Waals surface area contributed by atoms with Crippen LogP contribution in [0.3, 0.4) is 0 Å². The molecule has 0 aromatic heterocycles. The Morgan fingerprint density at radius 2 is 1.70 bits per heavy atom. The summed E-state index contributed by atoms with van der Waals surface area (Å²) in [4.78, 5) is 16.9. The molecule has 2 unspecified atom stereocenters. The molecule has 0 saturated carbocycles. The van der Waals surface area contributed by atoms with Gasteiger partial charge in [0.25, 0.3) is 10.0 Å². The summed E-state index contributed by atoms with van der Waals surface area (Å²) < 4.78 is 27.4. The zero-order valence-corrected chi connectivity index (χ0v) is 19.5. The molecule has 9 heteroatoms. The van der Waals surface area contributed by atoms with E-state index in [2.05, 4.69) is 21.0 Å². The van der Waals surface area contributed by atoms with E-state index in [0.717, 1.165) is 43.6 Å². The van der Waals surface area contributed by atoms with Gasteiger partial charge in [0.2, 0.25) is 0 Å². The monoisotopic (exact) mass is 467 g/mol. The second-order valence-corrected chi connectivity index (χ2v) is 10.4. The number of nitrogens with one attached hydrogen (secondary N) is 2. The number of aryl methyl sites for hydroxylation is 1. The number of fused-ring (bicyclic) bond motifs is 2. The first-order valence-electron chi connectivity index (χ1n) is 11.2. The molecule has 2 N–H and O–H groups in total. The minimum Gasteiger partial charge on any atom is -0.385 e. The van der Waals surface area contributed by atoms with Gasteiger partial charge in [-0.2, -0.15) is 5.26 Å². The van der Waals surface area contributed by atoms with Crippen LogP contribution in [0.4, 0.5) is 10.5 Å². The molecule has 2 saturated heterocycles. The Labute approximate surface area is 195 Å². The fraction of sp³-hybridized carbons (Fsp3) is 0.417. The minimum atomic E-state index is -3.88. The standard InChI is InChI=1S/C24H29N5O3S/c1-18-3-11-23(12-4-18)33(31,32)27-24(30)28-16-21-9-10-22(17-28)29(21)14-2-13-26-20-7-5-19(15-25)6-8-20/h3-8,11-12,21-22,26H,2,9-10,13-14,16-17H2,1H3,(H,27,30). The fourth-order valence-corrected chi connectivity index (χ4v) is 5.61. The first kappa shape index (κ1) is 23.1. The molecule has 2 heterocycles. The second kappa shape index (κ2) is 9.81. The van der Waals surface area contributed by atoms with E-state index in [4.69, 9.17) is 5.26 Å². The van der Waals surface area contributed by atoms with E-state index in [1.807, 2.05) is 19.1 Å². The quantitative estimate of drug-likeness (QED) is 0.607. The van der Waals surface area contributed by atoms with Gasteiger partial charge in [0, 0.05) is 44.0 Å². The Morgan fingerprint density at radius 1 is 1.06 bits per heavy atom. The molecular weight excluding hydrogens is 438 g/mol. The topological polar surface area (TPSA) is 106 Å². The van der Waals surface area contributed by atoms with E-state index in [9.17, 15) is 13.2 Å². The number of sulfonamides is 1. The number of benzene rings is 2. The second-order valence-electron chi connectivity index (χ2n) is 8.72. The Bertz CT molecular complexity index is 1110. The van der Waals surface area contributed by atoms with Crippen molar-refractivity contribution in [3.05, 3.63) is 59.7 Å². The summed E-state index contributed by atoms with van der Waals surface area (Å²) in [7, 11) is -3.88. The Balaban J connectivity index is 1.26. The number of urea groups is 1. The van der Waals surface area contributed by atoms with Crippen molar-refractivity contribution in [2.75, 3.05) is 31.5 Å². The van der Waals surface area contributed by atoms with Crippen LogP contribution in [0.1, 0.15) is 30.4 Å². The zero-order valence-electron chi connectivity index (χ0n) is 18.7. The predicted octanol–water partition coefficient (Wildman–Crippen LogP) is 2.92. The van der Waals surface area contributed by atoms with Gasteiger partial charge in [-0.25, -0.2) is 17.9 Å². The summed E-state index contributed by atoms with van der Waals surface area (Å²) in [6.45, 7) is 4.70. The van der Waals surface area contributed by atoms with Crippen LogP contribution in [0.5, 0.6) is 0 Å². The van der Waals surface area contributed by atoms with Crippen LogP contribution < -0.4 is 10.0 Å². The molecule has 2 aromatic carbocycles. The van der Waals surface area contributed by atoms with Gasteiger partial charge >= 0.3 is 6.03 Å². The molecular formula is C24H29N5O3S. The highest BCUT2D eigenvalue weighted by molar-refractivity contribution is 7.90. The van der Waals surface area contributed by atoms with Gasteiger partial charge < -0.3 is 10.2 Å². The van der Waals surface area contributed by atoms with Crippen molar-refractivity contribution in [2.24, 2.45) is 0 Å². The molecule has 2 atom stereocenters. The van der Waals surface area contributed by atoms with Crippen molar-refractivity contribution in [3.63, 3.8) is 0 Å². The van der Waals surface area contributed by atoms with Gasteiger partial charge in [-0.05, 0) is 62.6 Å². The summed E-state index contributed by atoms with van der Waals surface area (Å²) in [5.74, 6) is 0. The largest absolute Gasteiger partial charge is 0.385 e. The zero-order chi connectivity index (χ0) is 23.4. The van der Waals surface area contributed by atoms with Crippen LogP contribution in [0.15, 0.2) is 53.4 Å². The van der Waals surface area contributed by atoms with E-state index in [-0.39, 0.29) is 17.0 Å². The first-order chi connectivity index (χ1) is 15.9. The highest BCUT2D eigenvalue weighted by Crippen LogP contribution is 2.30. The number of rotatable bonds is 7. The molecule has 174 valence electrons. The van der Waals surface area contributed by atoms with Crippen LogP contribution in [0, 0.1) is 18.3 Å². The summed E-state index contributed by atoms with van der Waals surface area (Å²) in [6, 6.07) is 15.9. The molecule has 2 aliphatic heterocycles. The van der Waals surface area contributed by atoms with Crippen LogP contribution in [0.25, 0.3) is 0 Å². The van der Waals surface area contributed by atoms with Crippen molar-refractivity contribution < 1.29 is 13.2 Å². The Morgan fingerprint density at radius 3 is 2.30 bits per heavy atom. The van der Waals surface area contributed by atoms with Gasteiger partial charge in [-0.15, -0.1) is 0 Å². The van der Waals surface area contributed by atoms with Crippen molar-refractivity contribution in [1.82, 2.24) is 14.5 Å². The molecule has 2 fully saturated rings. The molecule has 2 aromatic rings. The lowest BCUT2D eigenvalue weighted by Gasteiger charge is -2.40. The average Bonchev–Trinajstić information content (AvgIpc) is 3.03. The first-order valence-corrected chi connectivity index (χ1v) is 12.7. The molecule has 2 bridgehead atoms. The third-order valence-electron chi connectivity index (χ3n) is 6.41. The number of likely N-dealkylation sites (tertiary alicyclic amines) is 1. The van der Waals surface area contributed by atoms with Crippen molar-refractivity contribution in [3.8, 4) is 6.07 Å². The molecule has 33 heavy (non-hydrogen) atoms. The number of carbonyl (C=O) groups is 1. The normalized spacial score (nSPS) is 20.3. The summed E-state index contributed by atoms with van der Waals surface area (Å²) in [5.41, 5.74) is 2.60. The maximum absolute atomic E-state index is 12.7. The number of anilines is 1. The third kappa shape index (κ3) is 5.46. The van der Waals surface area contributed by atoms with Gasteiger partial charge in [-0.3, -0.25) is 4.90 Å². The van der Waals surface area contributed by atoms with E-state index < -0.39 is 16.1 Å². The van der Waals surface area contributed by atoms with Crippen LogP contribution in [0.2, 0.25) is 0 Å². The number of piperazine rings is 1. The predicted molar refractivity (Wildman–Crippen MR) is 126 cm³/mol. The maximum atomic E-state index is 12.7. The van der Waals surface area contributed by atoms with E-state index >= 15 is 0 Å². The summed E-state index contributed by atoms with van der Waals surface area (Å²) in [6.07, 6.45) is 2.99. The van der Waals surface area contributed by atoms with Crippen molar-refractivity contribution >= 4 is 21.7 Å². The van der Waals surface area contributed by atoms with Crippen molar-refractivity contribution in [2.45, 2.75) is 43.2 Å². The van der Waals surface area contributed by atoms with Gasteiger partial charge in [0.05, 0.1) is 16.5 Å². The number of amides is 2. The van der Waals surface area contributed by atoms with E-state index in [0.29, 0.717) is 18.7 Å². The maximum Gasteiger partial charge on any atom is 0.331 e. The molecule has 4 rings (SSSR count). The molecule has 2 amide bonds. The SMILES string of the molecule is Cc1ccc(S(=O)(=O)NC(=O)N2CC3CCC(C2)N3CCCNc2ccc(C#N)cc2)cc1. The van der Waals surface area contributed by atoms with Gasteiger partial charge in [-0.1, -0.05) is 17.7 Å².